The maximum absolute atomic E-state index is 12.2. The molecular formula is C14H19N3O. The quantitative estimate of drug-likeness (QED) is 0.894. The topological polar surface area (TPSA) is 60.9 Å². The van der Waals surface area contributed by atoms with Crippen LogP contribution in [0.2, 0.25) is 0 Å². The molecule has 0 amide bonds. The Morgan fingerprint density at radius 2 is 2.11 bits per heavy atom. The normalized spacial score (nSPS) is 12.8. The molecule has 0 saturated carbocycles. The van der Waals surface area contributed by atoms with Crippen LogP contribution in [0.3, 0.4) is 0 Å². The van der Waals surface area contributed by atoms with Gasteiger partial charge in [-0.05, 0) is 25.5 Å². The molecule has 1 atom stereocenters. The highest BCUT2D eigenvalue weighted by Gasteiger charge is 2.10. The maximum Gasteiger partial charge on any atom is 0.272 e. The molecule has 1 unspecified atom stereocenters. The smallest absolute Gasteiger partial charge is 0.272 e. The van der Waals surface area contributed by atoms with Crippen LogP contribution in [-0.2, 0) is 6.54 Å². The third-order valence-corrected chi connectivity index (χ3v) is 3.09. The third-order valence-electron chi connectivity index (χ3n) is 3.09. The zero-order chi connectivity index (χ0) is 13.1. The van der Waals surface area contributed by atoms with Crippen molar-refractivity contribution < 1.29 is 0 Å². The molecule has 0 bridgehead atoms. The predicted octanol–water partition coefficient (Wildman–Crippen LogP) is 1.83. The Kier molecular flexibility index (Phi) is 3.77. The first-order valence-corrected chi connectivity index (χ1v) is 6.35. The minimum absolute atomic E-state index is 0.0120. The number of benzene rings is 1. The first-order chi connectivity index (χ1) is 8.63. The lowest BCUT2D eigenvalue weighted by Crippen LogP contribution is -2.33. The molecule has 2 aromatic rings. The summed E-state index contributed by atoms with van der Waals surface area (Å²) in [5, 5.41) is 0. The van der Waals surface area contributed by atoms with E-state index in [0.717, 1.165) is 23.9 Å². The molecule has 2 N–H and O–H groups in total. The van der Waals surface area contributed by atoms with E-state index in [9.17, 15) is 4.79 Å². The summed E-state index contributed by atoms with van der Waals surface area (Å²) >= 11 is 0. The van der Waals surface area contributed by atoms with Gasteiger partial charge in [-0.25, -0.2) is 4.98 Å². The Morgan fingerprint density at radius 3 is 2.83 bits per heavy atom. The van der Waals surface area contributed by atoms with E-state index < -0.39 is 0 Å². The van der Waals surface area contributed by atoms with Crippen LogP contribution in [0.15, 0.2) is 29.1 Å². The van der Waals surface area contributed by atoms with Crippen molar-refractivity contribution in [1.29, 1.82) is 0 Å². The van der Waals surface area contributed by atoms with E-state index in [1.54, 1.807) is 11.5 Å². The number of hydrogen-bond acceptors (Lipinski definition) is 3. The largest absolute Gasteiger partial charge is 0.326 e. The van der Waals surface area contributed by atoms with Crippen molar-refractivity contribution in [2.45, 2.75) is 39.3 Å². The molecule has 1 aromatic carbocycles. The van der Waals surface area contributed by atoms with Crippen LogP contribution in [0.1, 0.15) is 25.5 Å². The summed E-state index contributed by atoms with van der Waals surface area (Å²) in [5.74, 6) is 0. The van der Waals surface area contributed by atoms with Crippen molar-refractivity contribution >= 4 is 11.0 Å². The maximum atomic E-state index is 12.2. The molecule has 4 nitrogen and oxygen atoms in total. The van der Waals surface area contributed by atoms with Gasteiger partial charge in [0.2, 0.25) is 0 Å². The Morgan fingerprint density at radius 1 is 1.39 bits per heavy atom. The summed E-state index contributed by atoms with van der Waals surface area (Å²) in [6.45, 7) is 4.39. The first kappa shape index (κ1) is 12.8. The molecule has 0 aliphatic heterocycles. The Bertz CT molecular complexity index is 604. The number of rotatable bonds is 4. The fourth-order valence-corrected chi connectivity index (χ4v) is 2.20. The van der Waals surface area contributed by atoms with Crippen LogP contribution in [0.5, 0.6) is 0 Å². The van der Waals surface area contributed by atoms with Gasteiger partial charge in [-0.2, -0.15) is 0 Å². The average molecular weight is 245 g/mol. The van der Waals surface area contributed by atoms with E-state index in [2.05, 4.69) is 11.9 Å². The monoisotopic (exact) mass is 245 g/mol. The van der Waals surface area contributed by atoms with E-state index in [4.69, 9.17) is 5.73 Å². The number of hydrogen-bond donors (Lipinski definition) is 1. The van der Waals surface area contributed by atoms with E-state index >= 15 is 0 Å². The molecule has 0 aliphatic carbocycles. The van der Waals surface area contributed by atoms with E-state index in [0.29, 0.717) is 12.2 Å². The van der Waals surface area contributed by atoms with Crippen LogP contribution in [-0.4, -0.2) is 15.6 Å². The van der Waals surface area contributed by atoms with Gasteiger partial charge < -0.3 is 10.3 Å². The summed E-state index contributed by atoms with van der Waals surface area (Å²) in [6.07, 6.45) is 1.94. The summed E-state index contributed by atoms with van der Waals surface area (Å²) in [6, 6.07) is 7.69. The van der Waals surface area contributed by atoms with Gasteiger partial charge in [-0.1, -0.05) is 25.5 Å². The molecule has 96 valence electrons. The predicted molar refractivity (Wildman–Crippen MR) is 73.6 cm³/mol. The van der Waals surface area contributed by atoms with Crippen molar-refractivity contribution in [3.05, 3.63) is 40.3 Å². The molecule has 0 spiro atoms. The molecule has 2 rings (SSSR count). The van der Waals surface area contributed by atoms with Gasteiger partial charge in [0.25, 0.3) is 5.56 Å². The first-order valence-electron chi connectivity index (χ1n) is 6.35. The van der Waals surface area contributed by atoms with E-state index in [1.165, 1.54) is 0 Å². The van der Waals surface area contributed by atoms with Crippen LogP contribution < -0.4 is 11.3 Å². The highest BCUT2D eigenvalue weighted by atomic mass is 16.1. The third kappa shape index (κ3) is 2.43. The molecule has 1 aromatic heterocycles. The lowest BCUT2D eigenvalue weighted by molar-refractivity contribution is 0.512. The van der Waals surface area contributed by atoms with Crippen molar-refractivity contribution in [2.75, 3.05) is 0 Å². The summed E-state index contributed by atoms with van der Waals surface area (Å²) in [4.78, 5) is 16.5. The zero-order valence-electron chi connectivity index (χ0n) is 10.9. The number of aromatic nitrogens is 2. The molecule has 4 heteroatoms. The highest BCUT2D eigenvalue weighted by Crippen LogP contribution is 2.10. The van der Waals surface area contributed by atoms with Gasteiger partial charge >= 0.3 is 0 Å². The fourth-order valence-electron chi connectivity index (χ4n) is 2.20. The van der Waals surface area contributed by atoms with Crippen LogP contribution >= 0.6 is 0 Å². The summed E-state index contributed by atoms with van der Waals surface area (Å²) < 4.78 is 1.75. The Hall–Kier alpha value is -1.68. The number of fused-ring (bicyclic) bond motifs is 1. The fraction of sp³-hybridized carbons (Fsp3) is 0.429. The van der Waals surface area contributed by atoms with Gasteiger partial charge in [0, 0.05) is 12.6 Å². The molecule has 1 heterocycles. The Labute approximate surface area is 106 Å². The SMILES string of the molecule is CCCC(N)Cn1c(=O)c(C)nc2ccccc21. The van der Waals surface area contributed by atoms with Crippen molar-refractivity contribution in [2.24, 2.45) is 5.73 Å². The standard InChI is InChI=1S/C14H19N3O/c1-3-6-11(15)9-17-13-8-5-4-7-12(13)16-10(2)14(17)18/h4-5,7-8,11H,3,6,9,15H2,1-2H3. The van der Waals surface area contributed by atoms with E-state index in [-0.39, 0.29) is 11.6 Å². The van der Waals surface area contributed by atoms with Gasteiger partial charge in [-0.15, -0.1) is 0 Å². The second-order valence-electron chi connectivity index (χ2n) is 4.65. The average Bonchev–Trinajstić information content (AvgIpc) is 2.35. The van der Waals surface area contributed by atoms with Crippen molar-refractivity contribution in [3.8, 4) is 0 Å². The van der Waals surface area contributed by atoms with E-state index in [1.807, 2.05) is 24.3 Å². The van der Waals surface area contributed by atoms with Crippen LogP contribution in [0.25, 0.3) is 11.0 Å². The second kappa shape index (κ2) is 5.31. The number of aryl methyl sites for hydroxylation is 1. The minimum atomic E-state index is -0.0414. The molecule has 0 aliphatic rings. The molecular weight excluding hydrogens is 226 g/mol. The molecule has 0 saturated heterocycles. The molecule has 0 radical (unpaired) electrons. The summed E-state index contributed by atoms with van der Waals surface area (Å²) in [5.41, 5.74) is 8.24. The lowest BCUT2D eigenvalue weighted by Gasteiger charge is -2.15. The van der Waals surface area contributed by atoms with Crippen LogP contribution in [0, 0.1) is 6.92 Å². The van der Waals surface area contributed by atoms with Gasteiger partial charge in [0.15, 0.2) is 0 Å². The number of nitrogens with two attached hydrogens (primary N) is 1. The number of para-hydroxylation sites is 2. The Balaban J connectivity index is 2.53. The molecule has 0 fully saturated rings. The van der Waals surface area contributed by atoms with Gasteiger partial charge in [0.1, 0.15) is 5.69 Å². The van der Waals surface area contributed by atoms with Crippen molar-refractivity contribution in [1.82, 2.24) is 9.55 Å². The van der Waals surface area contributed by atoms with Crippen LogP contribution in [0.4, 0.5) is 0 Å². The van der Waals surface area contributed by atoms with Gasteiger partial charge in [0.05, 0.1) is 11.0 Å². The van der Waals surface area contributed by atoms with Gasteiger partial charge in [-0.3, -0.25) is 4.79 Å². The van der Waals surface area contributed by atoms with Crippen molar-refractivity contribution in [3.63, 3.8) is 0 Å². The second-order valence-corrected chi connectivity index (χ2v) is 4.65. The number of nitrogens with zero attached hydrogens (tertiary/aromatic N) is 2. The summed E-state index contributed by atoms with van der Waals surface area (Å²) in [7, 11) is 0. The molecule has 18 heavy (non-hydrogen) atoms. The highest BCUT2D eigenvalue weighted by molar-refractivity contribution is 5.74. The zero-order valence-corrected chi connectivity index (χ0v) is 10.9. The minimum Gasteiger partial charge on any atom is -0.326 e. The lowest BCUT2D eigenvalue weighted by atomic mass is 10.1.